The summed E-state index contributed by atoms with van der Waals surface area (Å²) >= 11 is 0. The van der Waals surface area contributed by atoms with Crippen molar-refractivity contribution < 1.29 is 14.7 Å². The number of amides is 2. The average Bonchev–Trinajstić information content (AvgIpc) is 3.08. The standard InChI is InChI=1S/C11H21N3O3/c1-7(14(3)9-4-5-9)6-12-11(17)13-8(2)10(15)16/h7-9H,4-6H2,1-3H3,(H,15,16)(H2,12,13,17). The molecule has 0 bridgehead atoms. The van der Waals surface area contributed by atoms with Gasteiger partial charge >= 0.3 is 12.0 Å². The van der Waals surface area contributed by atoms with E-state index in [-0.39, 0.29) is 6.04 Å². The highest BCUT2D eigenvalue weighted by Gasteiger charge is 2.29. The van der Waals surface area contributed by atoms with E-state index in [4.69, 9.17) is 5.11 Å². The van der Waals surface area contributed by atoms with E-state index >= 15 is 0 Å². The Morgan fingerprint density at radius 3 is 2.47 bits per heavy atom. The highest BCUT2D eigenvalue weighted by molar-refractivity contribution is 5.82. The molecule has 0 radical (unpaired) electrons. The van der Waals surface area contributed by atoms with Gasteiger partial charge in [-0.25, -0.2) is 4.79 Å². The molecule has 6 nitrogen and oxygen atoms in total. The minimum atomic E-state index is -1.04. The molecule has 0 aromatic heterocycles. The van der Waals surface area contributed by atoms with Crippen molar-refractivity contribution in [2.75, 3.05) is 13.6 Å². The fraction of sp³-hybridized carbons (Fsp3) is 0.818. The van der Waals surface area contributed by atoms with Gasteiger partial charge in [-0.1, -0.05) is 0 Å². The van der Waals surface area contributed by atoms with Gasteiger partial charge in [0.05, 0.1) is 0 Å². The van der Waals surface area contributed by atoms with Crippen molar-refractivity contribution in [2.45, 2.75) is 44.8 Å². The first kappa shape index (κ1) is 13.8. The maximum Gasteiger partial charge on any atom is 0.325 e. The summed E-state index contributed by atoms with van der Waals surface area (Å²) in [5.74, 6) is -1.04. The summed E-state index contributed by atoms with van der Waals surface area (Å²) in [5.41, 5.74) is 0. The molecule has 98 valence electrons. The van der Waals surface area contributed by atoms with Gasteiger partial charge in [-0.05, 0) is 33.7 Å². The Morgan fingerprint density at radius 2 is 2.00 bits per heavy atom. The Bertz CT molecular complexity index is 292. The Hall–Kier alpha value is -1.30. The smallest absolute Gasteiger partial charge is 0.325 e. The number of hydrogen-bond acceptors (Lipinski definition) is 3. The molecule has 0 spiro atoms. The van der Waals surface area contributed by atoms with Crippen molar-refractivity contribution >= 4 is 12.0 Å². The predicted octanol–water partition coefficient (Wildman–Crippen LogP) is 0.241. The average molecular weight is 243 g/mol. The van der Waals surface area contributed by atoms with Crippen molar-refractivity contribution in [3.8, 4) is 0 Å². The lowest BCUT2D eigenvalue weighted by atomic mass is 10.3. The number of carboxylic acids is 1. The molecule has 2 amide bonds. The zero-order valence-electron chi connectivity index (χ0n) is 10.6. The fourth-order valence-electron chi connectivity index (χ4n) is 1.54. The van der Waals surface area contributed by atoms with Gasteiger partial charge < -0.3 is 15.7 Å². The number of carbonyl (C=O) groups is 2. The van der Waals surface area contributed by atoms with Crippen LogP contribution in [0.15, 0.2) is 0 Å². The third-order valence-corrected chi connectivity index (χ3v) is 3.09. The summed E-state index contributed by atoms with van der Waals surface area (Å²) < 4.78 is 0. The third-order valence-electron chi connectivity index (χ3n) is 3.09. The van der Waals surface area contributed by atoms with Crippen molar-refractivity contribution in [3.63, 3.8) is 0 Å². The largest absolute Gasteiger partial charge is 0.480 e. The molecule has 0 aromatic carbocycles. The molecule has 0 aliphatic heterocycles. The number of carbonyl (C=O) groups excluding carboxylic acids is 1. The van der Waals surface area contributed by atoms with Crippen molar-refractivity contribution in [1.82, 2.24) is 15.5 Å². The lowest BCUT2D eigenvalue weighted by Crippen LogP contribution is -2.48. The molecule has 1 rings (SSSR count). The molecule has 0 saturated heterocycles. The number of aliphatic carboxylic acids is 1. The first-order valence-electron chi connectivity index (χ1n) is 5.91. The normalized spacial score (nSPS) is 18.6. The van der Waals surface area contributed by atoms with Crippen LogP contribution in [0.3, 0.4) is 0 Å². The van der Waals surface area contributed by atoms with E-state index in [1.807, 2.05) is 14.0 Å². The number of rotatable bonds is 6. The number of nitrogens with one attached hydrogen (secondary N) is 2. The molecule has 2 unspecified atom stereocenters. The monoisotopic (exact) mass is 243 g/mol. The van der Waals surface area contributed by atoms with Crippen LogP contribution in [-0.4, -0.2) is 53.7 Å². The van der Waals surface area contributed by atoms with Gasteiger partial charge in [0.15, 0.2) is 0 Å². The highest BCUT2D eigenvalue weighted by Crippen LogP contribution is 2.26. The van der Waals surface area contributed by atoms with Crippen molar-refractivity contribution in [2.24, 2.45) is 0 Å². The van der Waals surface area contributed by atoms with Gasteiger partial charge in [0.2, 0.25) is 0 Å². The second-order valence-corrected chi connectivity index (χ2v) is 4.66. The van der Waals surface area contributed by atoms with Crippen LogP contribution in [0, 0.1) is 0 Å². The third kappa shape index (κ3) is 4.60. The Morgan fingerprint density at radius 1 is 1.41 bits per heavy atom. The Kier molecular flexibility index (Phi) is 4.74. The molecule has 3 N–H and O–H groups in total. The van der Waals surface area contributed by atoms with E-state index in [9.17, 15) is 9.59 Å². The van der Waals surface area contributed by atoms with Crippen LogP contribution >= 0.6 is 0 Å². The maximum atomic E-state index is 11.4. The second-order valence-electron chi connectivity index (χ2n) is 4.66. The molecule has 17 heavy (non-hydrogen) atoms. The zero-order chi connectivity index (χ0) is 13.0. The summed E-state index contributed by atoms with van der Waals surface area (Å²) in [5, 5.41) is 13.7. The minimum absolute atomic E-state index is 0.258. The number of hydrogen-bond donors (Lipinski definition) is 3. The van der Waals surface area contributed by atoms with Crippen molar-refractivity contribution in [3.05, 3.63) is 0 Å². The number of urea groups is 1. The summed E-state index contributed by atoms with van der Waals surface area (Å²) in [6.45, 7) is 3.99. The lowest BCUT2D eigenvalue weighted by Gasteiger charge is -2.24. The van der Waals surface area contributed by atoms with Crippen LogP contribution in [0.4, 0.5) is 4.79 Å². The van der Waals surface area contributed by atoms with Crippen LogP contribution in [0.5, 0.6) is 0 Å². The summed E-state index contributed by atoms with van der Waals surface area (Å²) in [4.78, 5) is 24.1. The quantitative estimate of drug-likeness (QED) is 0.624. The Balaban J connectivity index is 2.20. The Labute approximate surface area is 101 Å². The van der Waals surface area contributed by atoms with Gasteiger partial charge in [-0.2, -0.15) is 0 Å². The number of likely N-dealkylation sites (N-methyl/N-ethyl adjacent to an activating group) is 1. The topological polar surface area (TPSA) is 81.7 Å². The molecule has 0 heterocycles. The van der Waals surface area contributed by atoms with E-state index in [0.29, 0.717) is 12.6 Å². The van der Waals surface area contributed by atoms with E-state index in [0.717, 1.165) is 0 Å². The first-order chi connectivity index (χ1) is 7.91. The van der Waals surface area contributed by atoms with Gasteiger partial charge in [0.25, 0.3) is 0 Å². The SMILES string of the molecule is CC(NC(=O)NCC(C)N(C)C1CC1)C(=O)O. The van der Waals surface area contributed by atoms with Gasteiger partial charge in [0.1, 0.15) is 6.04 Å². The molecule has 1 saturated carbocycles. The molecule has 2 atom stereocenters. The van der Waals surface area contributed by atoms with Gasteiger partial charge in [-0.3, -0.25) is 9.69 Å². The van der Waals surface area contributed by atoms with Crippen LogP contribution in [0.1, 0.15) is 26.7 Å². The molecule has 6 heteroatoms. The van der Waals surface area contributed by atoms with Crippen molar-refractivity contribution in [1.29, 1.82) is 0 Å². The molecular weight excluding hydrogens is 222 g/mol. The van der Waals surface area contributed by atoms with Gasteiger partial charge in [0, 0.05) is 18.6 Å². The lowest BCUT2D eigenvalue weighted by molar-refractivity contribution is -0.138. The highest BCUT2D eigenvalue weighted by atomic mass is 16.4. The fourth-order valence-corrected chi connectivity index (χ4v) is 1.54. The van der Waals surface area contributed by atoms with E-state index in [1.165, 1.54) is 19.8 Å². The van der Waals surface area contributed by atoms with Crippen LogP contribution in [-0.2, 0) is 4.79 Å². The maximum absolute atomic E-state index is 11.4. The summed E-state index contributed by atoms with van der Waals surface area (Å²) in [7, 11) is 2.04. The number of carboxylic acid groups (broad SMARTS) is 1. The van der Waals surface area contributed by atoms with Crippen LogP contribution in [0.25, 0.3) is 0 Å². The van der Waals surface area contributed by atoms with E-state index < -0.39 is 18.0 Å². The zero-order valence-corrected chi connectivity index (χ0v) is 10.6. The minimum Gasteiger partial charge on any atom is -0.480 e. The number of nitrogens with zero attached hydrogens (tertiary/aromatic N) is 1. The van der Waals surface area contributed by atoms with Gasteiger partial charge in [-0.15, -0.1) is 0 Å². The molecule has 0 aromatic rings. The molecule has 1 fully saturated rings. The van der Waals surface area contributed by atoms with E-state index in [2.05, 4.69) is 15.5 Å². The van der Waals surface area contributed by atoms with Crippen LogP contribution in [0.2, 0.25) is 0 Å². The predicted molar refractivity (Wildman–Crippen MR) is 63.9 cm³/mol. The summed E-state index contributed by atoms with van der Waals surface area (Å²) in [6.07, 6.45) is 2.45. The van der Waals surface area contributed by atoms with E-state index in [1.54, 1.807) is 0 Å². The molecular formula is C11H21N3O3. The molecule has 1 aliphatic carbocycles. The summed E-state index contributed by atoms with van der Waals surface area (Å²) in [6, 6.07) is -0.399. The first-order valence-corrected chi connectivity index (χ1v) is 5.91. The second kappa shape index (κ2) is 5.86. The van der Waals surface area contributed by atoms with Crippen LogP contribution < -0.4 is 10.6 Å². The molecule has 1 aliphatic rings.